The lowest BCUT2D eigenvalue weighted by atomic mass is 10.1. The van der Waals surface area contributed by atoms with Crippen LogP contribution in [0.25, 0.3) is 5.65 Å². The van der Waals surface area contributed by atoms with Crippen LogP contribution in [0.15, 0.2) is 53.8 Å². The molecule has 0 atom stereocenters. The number of guanidine groups is 1. The van der Waals surface area contributed by atoms with Gasteiger partial charge in [-0.1, -0.05) is 12.1 Å². The van der Waals surface area contributed by atoms with Crippen molar-refractivity contribution in [3.8, 4) is 11.5 Å². The molecule has 0 amide bonds. The molecule has 2 aromatic heterocycles. The number of hydrogen-bond acceptors (Lipinski definition) is 4. The molecule has 0 saturated carbocycles. The van der Waals surface area contributed by atoms with Crippen LogP contribution in [0.4, 0.5) is 0 Å². The van der Waals surface area contributed by atoms with E-state index in [1.54, 1.807) is 0 Å². The number of nitrogens with zero attached hydrogens (tertiary/aromatic N) is 3. The van der Waals surface area contributed by atoms with Crippen molar-refractivity contribution in [2.75, 3.05) is 26.4 Å². The van der Waals surface area contributed by atoms with E-state index in [0.717, 1.165) is 54.7 Å². The van der Waals surface area contributed by atoms with E-state index in [2.05, 4.69) is 39.8 Å². The molecular formula is C21H26IN5O2. The first kappa shape index (κ1) is 21.2. The van der Waals surface area contributed by atoms with E-state index in [1.165, 1.54) is 5.56 Å². The number of aromatic nitrogens is 2. The van der Waals surface area contributed by atoms with Gasteiger partial charge in [0.1, 0.15) is 5.65 Å². The first-order chi connectivity index (χ1) is 13.8. The van der Waals surface area contributed by atoms with E-state index in [-0.39, 0.29) is 24.0 Å². The highest BCUT2D eigenvalue weighted by Gasteiger charge is 2.12. The molecule has 7 nitrogen and oxygen atoms in total. The Morgan fingerprint density at radius 1 is 1.14 bits per heavy atom. The van der Waals surface area contributed by atoms with Gasteiger partial charge in [0.25, 0.3) is 0 Å². The highest BCUT2D eigenvalue weighted by Crippen LogP contribution is 2.32. The Morgan fingerprint density at radius 2 is 2.03 bits per heavy atom. The molecule has 0 fully saturated rings. The van der Waals surface area contributed by atoms with Gasteiger partial charge in [-0.05, 0) is 43.2 Å². The molecule has 29 heavy (non-hydrogen) atoms. The minimum absolute atomic E-state index is 0. The van der Waals surface area contributed by atoms with Crippen LogP contribution in [0.5, 0.6) is 11.5 Å². The second-order valence-corrected chi connectivity index (χ2v) is 6.57. The summed E-state index contributed by atoms with van der Waals surface area (Å²) in [7, 11) is 0. The Labute approximate surface area is 187 Å². The Morgan fingerprint density at radius 3 is 2.90 bits per heavy atom. The summed E-state index contributed by atoms with van der Waals surface area (Å²) in [5, 5.41) is 6.68. The highest BCUT2D eigenvalue weighted by molar-refractivity contribution is 14.0. The third kappa shape index (κ3) is 5.53. The minimum Gasteiger partial charge on any atom is -0.454 e. The van der Waals surface area contributed by atoms with Crippen molar-refractivity contribution in [1.82, 2.24) is 20.0 Å². The second kappa shape index (κ2) is 10.3. The van der Waals surface area contributed by atoms with Gasteiger partial charge in [-0.15, -0.1) is 24.0 Å². The number of nitrogens with one attached hydrogen (secondary N) is 2. The van der Waals surface area contributed by atoms with Crippen LogP contribution in [0.1, 0.15) is 18.2 Å². The molecule has 2 N–H and O–H groups in total. The molecule has 0 radical (unpaired) electrons. The predicted molar refractivity (Wildman–Crippen MR) is 125 cm³/mol. The standard InChI is InChI=1S/C21H25N5O2.HI/c1-2-22-21(23-10-8-16-6-7-18-19(13-16)28-15-27-18)24-11-9-17-14-26-12-4-3-5-20(26)25-17;/h3-7,12-14H,2,8-11,15H2,1H3,(H2,22,23,24);1H. The lowest BCUT2D eigenvalue weighted by Crippen LogP contribution is -2.38. The maximum atomic E-state index is 5.44. The van der Waals surface area contributed by atoms with Gasteiger partial charge >= 0.3 is 0 Å². The van der Waals surface area contributed by atoms with Gasteiger partial charge < -0.3 is 24.5 Å². The number of rotatable bonds is 7. The van der Waals surface area contributed by atoms with E-state index < -0.39 is 0 Å². The van der Waals surface area contributed by atoms with Crippen molar-refractivity contribution < 1.29 is 9.47 Å². The zero-order chi connectivity index (χ0) is 19.2. The van der Waals surface area contributed by atoms with Crippen LogP contribution in [-0.2, 0) is 12.8 Å². The summed E-state index contributed by atoms with van der Waals surface area (Å²) in [6.07, 6.45) is 5.76. The zero-order valence-electron chi connectivity index (χ0n) is 16.4. The van der Waals surface area contributed by atoms with Gasteiger partial charge in [0.05, 0.1) is 5.69 Å². The van der Waals surface area contributed by atoms with Crippen molar-refractivity contribution in [1.29, 1.82) is 0 Å². The summed E-state index contributed by atoms with van der Waals surface area (Å²) in [4.78, 5) is 9.29. The summed E-state index contributed by atoms with van der Waals surface area (Å²) >= 11 is 0. The molecule has 4 rings (SSSR count). The number of ether oxygens (including phenoxy) is 2. The van der Waals surface area contributed by atoms with Crippen LogP contribution in [-0.4, -0.2) is 41.8 Å². The lowest BCUT2D eigenvalue weighted by Gasteiger charge is -2.11. The van der Waals surface area contributed by atoms with E-state index in [1.807, 2.05) is 40.9 Å². The molecule has 1 aromatic carbocycles. The molecule has 0 saturated heterocycles. The number of pyridine rings is 1. The number of imidazole rings is 1. The average molecular weight is 507 g/mol. The van der Waals surface area contributed by atoms with Crippen LogP contribution in [0.2, 0.25) is 0 Å². The summed E-state index contributed by atoms with van der Waals surface area (Å²) in [5.74, 6) is 2.47. The maximum absolute atomic E-state index is 5.44. The van der Waals surface area contributed by atoms with E-state index in [9.17, 15) is 0 Å². The largest absolute Gasteiger partial charge is 0.454 e. The Kier molecular flexibility index (Phi) is 7.56. The molecule has 3 heterocycles. The molecular weight excluding hydrogens is 481 g/mol. The molecule has 154 valence electrons. The van der Waals surface area contributed by atoms with Crippen LogP contribution >= 0.6 is 24.0 Å². The van der Waals surface area contributed by atoms with Crippen molar-refractivity contribution in [2.45, 2.75) is 19.8 Å². The van der Waals surface area contributed by atoms with Crippen molar-refractivity contribution >= 4 is 35.6 Å². The van der Waals surface area contributed by atoms with Gasteiger partial charge in [-0.3, -0.25) is 4.99 Å². The number of aliphatic imine (C=N–C) groups is 1. The summed E-state index contributed by atoms with van der Waals surface area (Å²) in [6, 6.07) is 12.1. The van der Waals surface area contributed by atoms with Gasteiger partial charge in [0, 0.05) is 38.4 Å². The molecule has 1 aliphatic heterocycles. The van der Waals surface area contributed by atoms with Crippen molar-refractivity contribution in [2.24, 2.45) is 4.99 Å². The van der Waals surface area contributed by atoms with Gasteiger partial charge in [0.2, 0.25) is 6.79 Å². The lowest BCUT2D eigenvalue weighted by molar-refractivity contribution is 0.174. The topological polar surface area (TPSA) is 72.2 Å². The number of benzene rings is 1. The Balaban J connectivity index is 0.00000240. The van der Waals surface area contributed by atoms with E-state index in [0.29, 0.717) is 13.3 Å². The molecule has 0 bridgehead atoms. The molecule has 0 unspecified atom stereocenters. The predicted octanol–water partition coefficient (Wildman–Crippen LogP) is 3.02. The average Bonchev–Trinajstić information content (AvgIpc) is 3.33. The van der Waals surface area contributed by atoms with E-state index >= 15 is 0 Å². The van der Waals surface area contributed by atoms with E-state index in [4.69, 9.17) is 9.47 Å². The maximum Gasteiger partial charge on any atom is 0.231 e. The fourth-order valence-electron chi connectivity index (χ4n) is 3.15. The first-order valence-corrected chi connectivity index (χ1v) is 9.65. The number of hydrogen-bond donors (Lipinski definition) is 2. The smallest absolute Gasteiger partial charge is 0.231 e. The molecule has 8 heteroatoms. The number of halogens is 1. The van der Waals surface area contributed by atoms with Crippen LogP contribution in [0, 0.1) is 0 Å². The van der Waals surface area contributed by atoms with Gasteiger partial charge in [-0.2, -0.15) is 0 Å². The first-order valence-electron chi connectivity index (χ1n) is 9.65. The minimum atomic E-state index is 0. The van der Waals surface area contributed by atoms with Gasteiger partial charge in [0.15, 0.2) is 17.5 Å². The second-order valence-electron chi connectivity index (χ2n) is 6.57. The fraction of sp³-hybridized carbons (Fsp3) is 0.333. The molecule has 3 aromatic rings. The monoisotopic (exact) mass is 507 g/mol. The quantitative estimate of drug-likeness (QED) is 0.292. The third-order valence-electron chi connectivity index (χ3n) is 4.54. The summed E-state index contributed by atoms with van der Waals surface area (Å²) < 4.78 is 12.8. The zero-order valence-corrected chi connectivity index (χ0v) is 18.8. The molecule has 1 aliphatic rings. The van der Waals surface area contributed by atoms with Crippen molar-refractivity contribution in [3.05, 3.63) is 60.0 Å². The molecule has 0 spiro atoms. The SMILES string of the molecule is CCNC(=NCCc1cn2ccccc2n1)NCCc1ccc2c(c1)OCO2.I. The summed E-state index contributed by atoms with van der Waals surface area (Å²) in [6.45, 7) is 4.67. The third-order valence-corrected chi connectivity index (χ3v) is 4.54. The van der Waals surface area contributed by atoms with Crippen molar-refractivity contribution in [3.63, 3.8) is 0 Å². The fourth-order valence-corrected chi connectivity index (χ4v) is 3.15. The summed E-state index contributed by atoms with van der Waals surface area (Å²) in [5.41, 5.74) is 3.22. The van der Waals surface area contributed by atoms with Crippen LogP contribution < -0.4 is 20.1 Å². The normalized spacial score (nSPS) is 12.7. The van der Waals surface area contributed by atoms with Gasteiger partial charge in [-0.25, -0.2) is 4.98 Å². The highest BCUT2D eigenvalue weighted by atomic mass is 127. The Bertz CT molecular complexity index is 940. The van der Waals surface area contributed by atoms with Crippen LogP contribution in [0.3, 0.4) is 0 Å². The Hall–Kier alpha value is -2.49. The molecule has 0 aliphatic carbocycles. The number of fused-ring (bicyclic) bond motifs is 2.